The van der Waals surface area contributed by atoms with Crippen LogP contribution in [0.2, 0.25) is 0 Å². The van der Waals surface area contributed by atoms with Crippen LogP contribution in [0.1, 0.15) is 0 Å². The van der Waals surface area contributed by atoms with Crippen LogP contribution in [0.25, 0.3) is 38.1 Å². The molecule has 2 aliphatic rings. The van der Waals surface area contributed by atoms with Crippen molar-refractivity contribution in [3.8, 4) is 0 Å². The van der Waals surface area contributed by atoms with Gasteiger partial charge in [-0.25, -0.2) is 0 Å². The van der Waals surface area contributed by atoms with Gasteiger partial charge in [-0.2, -0.15) is 0 Å². The molecule has 10 aromatic rings. The van der Waals surface area contributed by atoms with Gasteiger partial charge in [0.05, 0.1) is 16.6 Å². The molecule has 0 fully saturated rings. The first kappa shape index (κ1) is 28.1. The molecule has 0 saturated carbocycles. The molecule has 4 heteroatoms. The lowest BCUT2D eigenvalue weighted by Gasteiger charge is -2.50. The zero-order chi connectivity index (χ0) is 34.0. The van der Waals surface area contributed by atoms with Gasteiger partial charge in [-0.15, -0.1) is 0 Å². The van der Waals surface area contributed by atoms with Crippen molar-refractivity contribution in [2.45, 2.75) is 0 Å². The van der Waals surface area contributed by atoms with Crippen molar-refractivity contribution in [3.63, 3.8) is 0 Å². The molecule has 0 saturated heterocycles. The molecule has 0 amide bonds. The SMILES string of the molecule is c1ccc(N2c3ccccc3[Si]3(c4ccccc42)c2ccccc2N(c2ccc4c(c2)c2cccc5c6ccccc6n4c52)c2ccccc23)cc1. The van der Waals surface area contributed by atoms with E-state index >= 15 is 0 Å². The Morgan fingerprint density at radius 1 is 0.308 bits per heavy atom. The number of fused-ring (bicyclic) bond motifs is 14. The maximum atomic E-state index is 2.53. The minimum atomic E-state index is -2.82. The number of aromatic nitrogens is 1. The Hall–Kier alpha value is -6.62. The van der Waals surface area contributed by atoms with Gasteiger partial charge in [0.1, 0.15) is 0 Å². The summed E-state index contributed by atoms with van der Waals surface area (Å²) >= 11 is 0. The molecule has 1 spiro atoms. The lowest BCUT2D eigenvalue weighted by molar-refractivity contribution is 1.27. The molecule has 12 rings (SSSR count). The first-order valence-electron chi connectivity index (χ1n) is 18.0. The third-order valence-electron chi connectivity index (χ3n) is 11.7. The molecule has 0 N–H and O–H groups in total. The zero-order valence-corrected chi connectivity index (χ0v) is 29.2. The van der Waals surface area contributed by atoms with Gasteiger partial charge in [-0.3, -0.25) is 0 Å². The molecular formula is C48H31N3Si. The zero-order valence-electron chi connectivity index (χ0n) is 28.2. The normalized spacial score (nSPS) is 14.2. The third kappa shape index (κ3) is 3.40. The van der Waals surface area contributed by atoms with Gasteiger partial charge in [-0.1, -0.05) is 127 Å². The van der Waals surface area contributed by atoms with Crippen molar-refractivity contribution in [3.05, 3.63) is 188 Å². The molecule has 242 valence electrons. The summed E-state index contributed by atoms with van der Waals surface area (Å²) in [6, 6.07) is 70.3. The molecule has 0 atom stereocenters. The average Bonchev–Trinajstić information content (AvgIpc) is 3.73. The van der Waals surface area contributed by atoms with Gasteiger partial charge in [0.15, 0.2) is 8.07 Å². The Labute approximate surface area is 302 Å². The number of benzene rings is 8. The molecule has 0 unspecified atom stereocenters. The van der Waals surface area contributed by atoms with Crippen LogP contribution in [0.15, 0.2) is 188 Å². The van der Waals surface area contributed by atoms with Crippen LogP contribution in [-0.4, -0.2) is 12.5 Å². The Balaban J connectivity index is 1.15. The van der Waals surface area contributed by atoms with E-state index < -0.39 is 8.07 Å². The van der Waals surface area contributed by atoms with E-state index in [1.54, 1.807) is 0 Å². The van der Waals surface area contributed by atoms with Gasteiger partial charge in [0, 0.05) is 55.7 Å². The van der Waals surface area contributed by atoms with Crippen molar-refractivity contribution >= 4 is 101 Å². The quantitative estimate of drug-likeness (QED) is 0.169. The smallest absolute Gasteiger partial charge is 0.188 e. The fraction of sp³-hybridized carbons (Fsp3) is 0. The number of anilines is 6. The van der Waals surface area contributed by atoms with E-state index in [1.165, 1.54) is 93.0 Å². The first-order chi connectivity index (χ1) is 25.8. The molecule has 8 aromatic carbocycles. The van der Waals surface area contributed by atoms with E-state index in [-0.39, 0.29) is 0 Å². The highest BCUT2D eigenvalue weighted by molar-refractivity contribution is 7.23. The van der Waals surface area contributed by atoms with E-state index in [1.807, 2.05) is 0 Å². The summed E-state index contributed by atoms with van der Waals surface area (Å²) in [6.45, 7) is 0. The van der Waals surface area contributed by atoms with Crippen molar-refractivity contribution in [1.29, 1.82) is 0 Å². The highest BCUT2D eigenvalue weighted by Gasteiger charge is 2.53. The van der Waals surface area contributed by atoms with Crippen LogP contribution in [-0.2, 0) is 0 Å². The lowest BCUT2D eigenvalue weighted by atomic mass is 10.1. The van der Waals surface area contributed by atoms with Crippen molar-refractivity contribution < 1.29 is 0 Å². The lowest BCUT2D eigenvalue weighted by Crippen LogP contribution is -2.79. The minimum Gasteiger partial charge on any atom is -0.311 e. The topological polar surface area (TPSA) is 10.9 Å². The molecular weight excluding hydrogens is 647 g/mol. The van der Waals surface area contributed by atoms with E-state index in [9.17, 15) is 0 Å². The summed E-state index contributed by atoms with van der Waals surface area (Å²) in [5, 5.41) is 10.9. The van der Waals surface area contributed by atoms with Crippen LogP contribution in [0.5, 0.6) is 0 Å². The van der Waals surface area contributed by atoms with E-state index in [0.29, 0.717) is 0 Å². The maximum absolute atomic E-state index is 2.82. The standard InChI is InChI=1S/C48H31N3Si/c1-2-15-32(16-3-1)49-40-21-6-10-25-44(40)52(45-26-11-7-22-41(45)49)46-27-12-8-23-42(46)50(43-24-9-13-28-47(43)52)33-29-30-39-37(31-33)36-19-14-18-35-34-17-4-5-20-38(34)51(39)48(35)36/h1-31H. The van der Waals surface area contributed by atoms with Crippen LogP contribution >= 0.6 is 0 Å². The summed E-state index contributed by atoms with van der Waals surface area (Å²) < 4.78 is 2.47. The Morgan fingerprint density at radius 2 is 0.750 bits per heavy atom. The predicted molar refractivity (Wildman–Crippen MR) is 221 cm³/mol. The molecule has 0 aliphatic carbocycles. The number of hydrogen-bond acceptors (Lipinski definition) is 2. The fourth-order valence-corrected chi connectivity index (χ4v) is 15.2. The third-order valence-corrected chi connectivity index (χ3v) is 16.6. The summed E-state index contributed by atoms with van der Waals surface area (Å²) in [7, 11) is -2.82. The van der Waals surface area contributed by atoms with Gasteiger partial charge in [-0.05, 0) is 81.4 Å². The van der Waals surface area contributed by atoms with Crippen molar-refractivity contribution in [2.75, 3.05) is 9.80 Å². The molecule has 3 nitrogen and oxygen atoms in total. The summed E-state index contributed by atoms with van der Waals surface area (Å²) in [5.74, 6) is 0. The van der Waals surface area contributed by atoms with Crippen LogP contribution in [0, 0.1) is 0 Å². The predicted octanol–water partition coefficient (Wildman–Crippen LogP) is 9.78. The number of rotatable bonds is 2. The Kier molecular flexibility index (Phi) is 5.53. The van der Waals surface area contributed by atoms with Gasteiger partial charge >= 0.3 is 0 Å². The molecule has 0 bridgehead atoms. The summed E-state index contributed by atoms with van der Waals surface area (Å²) in [6.07, 6.45) is 0. The monoisotopic (exact) mass is 677 g/mol. The van der Waals surface area contributed by atoms with Crippen LogP contribution < -0.4 is 30.5 Å². The molecule has 0 radical (unpaired) electrons. The number of hydrogen-bond donors (Lipinski definition) is 0. The molecule has 2 aliphatic heterocycles. The Bertz CT molecular complexity index is 2960. The minimum absolute atomic E-state index is 1.18. The van der Waals surface area contributed by atoms with Crippen molar-refractivity contribution in [2.24, 2.45) is 0 Å². The average molecular weight is 678 g/mol. The summed E-state index contributed by atoms with van der Waals surface area (Å²) in [5.41, 5.74) is 11.2. The number of nitrogens with zero attached hydrogens (tertiary/aromatic N) is 3. The fourth-order valence-electron chi connectivity index (χ4n) is 9.77. The second kappa shape index (κ2) is 10.2. The van der Waals surface area contributed by atoms with Crippen LogP contribution in [0.4, 0.5) is 34.1 Å². The molecule has 4 heterocycles. The highest BCUT2D eigenvalue weighted by Crippen LogP contribution is 2.46. The van der Waals surface area contributed by atoms with Gasteiger partial charge in [0.25, 0.3) is 0 Å². The Morgan fingerprint density at radius 3 is 1.35 bits per heavy atom. The molecule has 52 heavy (non-hydrogen) atoms. The maximum Gasteiger partial charge on any atom is 0.188 e. The second-order valence-corrected chi connectivity index (χ2v) is 17.7. The summed E-state index contributed by atoms with van der Waals surface area (Å²) in [4.78, 5) is 5.00. The van der Waals surface area contributed by atoms with Gasteiger partial charge in [0.2, 0.25) is 0 Å². The van der Waals surface area contributed by atoms with E-state index in [2.05, 4.69) is 202 Å². The van der Waals surface area contributed by atoms with E-state index in [4.69, 9.17) is 0 Å². The highest BCUT2D eigenvalue weighted by atomic mass is 28.3. The largest absolute Gasteiger partial charge is 0.311 e. The van der Waals surface area contributed by atoms with Gasteiger partial charge < -0.3 is 14.2 Å². The van der Waals surface area contributed by atoms with Crippen LogP contribution in [0.3, 0.4) is 0 Å². The molecule has 2 aromatic heterocycles. The first-order valence-corrected chi connectivity index (χ1v) is 20.0. The number of para-hydroxylation sites is 7. The van der Waals surface area contributed by atoms with Crippen molar-refractivity contribution in [1.82, 2.24) is 4.40 Å². The van der Waals surface area contributed by atoms with E-state index in [0.717, 1.165) is 0 Å². The second-order valence-electron chi connectivity index (χ2n) is 14.1.